The lowest BCUT2D eigenvalue weighted by atomic mass is 10.1. The van der Waals surface area contributed by atoms with E-state index < -0.39 is 17.9 Å². The van der Waals surface area contributed by atoms with Crippen molar-refractivity contribution in [3.05, 3.63) is 11.6 Å². The number of carbonyl (C=O) groups excluding carboxylic acids is 3. The van der Waals surface area contributed by atoms with E-state index in [1.54, 1.807) is 13.8 Å². The fourth-order valence-electron chi connectivity index (χ4n) is 1.56. The van der Waals surface area contributed by atoms with Crippen molar-refractivity contribution >= 4 is 17.7 Å². The summed E-state index contributed by atoms with van der Waals surface area (Å²) < 4.78 is 0. The molecule has 1 rings (SSSR count). The summed E-state index contributed by atoms with van der Waals surface area (Å²) in [6.45, 7) is 8.64. The molecule has 0 fully saturated rings. The van der Waals surface area contributed by atoms with Gasteiger partial charge >= 0.3 is 0 Å². The molecule has 5 heteroatoms. The highest BCUT2D eigenvalue weighted by molar-refractivity contribution is 6.17. The van der Waals surface area contributed by atoms with E-state index in [9.17, 15) is 14.4 Å². The van der Waals surface area contributed by atoms with Gasteiger partial charge in [0.25, 0.3) is 11.8 Å². The molecule has 1 N–H and O–H groups in total. The van der Waals surface area contributed by atoms with Crippen LogP contribution >= 0.6 is 0 Å². The van der Waals surface area contributed by atoms with Crippen LogP contribution in [0.25, 0.3) is 0 Å². The molecule has 0 aromatic rings. The molecule has 0 saturated carbocycles. The molecular formula is C12H18N2O3. The third kappa shape index (κ3) is 2.93. The van der Waals surface area contributed by atoms with Gasteiger partial charge in [0.15, 0.2) is 0 Å². The van der Waals surface area contributed by atoms with Gasteiger partial charge in [-0.1, -0.05) is 0 Å². The van der Waals surface area contributed by atoms with Crippen LogP contribution in [0.4, 0.5) is 0 Å². The minimum Gasteiger partial charge on any atom is -0.350 e. The Morgan fingerprint density at radius 2 is 1.88 bits per heavy atom. The van der Waals surface area contributed by atoms with Gasteiger partial charge in [-0.25, -0.2) is 0 Å². The number of rotatable bonds is 2. The van der Waals surface area contributed by atoms with Crippen molar-refractivity contribution in [1.82, 2.24) is 10.2 Å². The molecule has 0 bridgehead atoms. The molecule has 0 aliphatic carbocycles. The molecule has 0 aromatic carbocycles. The zero-order valence-corrected chi connectivity index (χ0v) is 10.8. The molecule has 94 valence electrons. The standard InChI is InChI=1S/C12H18N2O3/c1-7-6-9(15)14(11(7)17)8(2)10(16)13-12(3,4)5/h6,8H,1-5H3,(H,13,16). The third-order valence-electron chi connectivity index (χ3n) is 2.40. The quantitative estimate of drug-likeness (QED) is 0.716. The van der Waals surface area contributed by atoms with Crippen LogP contribution in [0.15, 0.2) is 11.6 Å². The van der Waals surface area contributed by atoms with Crippen LogP contribution in [0.3, 0.4) is 0 Å². The summed E-state index contributed by atoms with van der Waals surface area (Å²) in [4.78, 5) is 36.1. The first kappa shape index (κ1) is 13.4. The summed E-state index contributed by atoms with van der Waals surface area (Å²) in [7, 11) is 0. The minimum absolute atomic E-state index is 0.331. The molecule has 1 heterocycles. The maximum Gasteiger partial charge on any atom is 0.257 e. The second kappa shape index (κ2) is 4.31. The van der Waals surface area contributed by atoms with Crippen molar-refractivity contribution in [2.75, 3.05) is 0 Å². The molecule has 0 spiro atoms. The molecule has 1 unspecified atom stereocenters. The fourth-order valence-corrected chi connectivity index (χ4v) is 1.56. The predicted molar refractivity (Wildman–Crippen MR) is 63.0 cm³/mol. The molecular weight excluding hydrogens is 220 g/mol. The minimum atomic E-state index is -0.789. The van der Waals surface area contributed by atoms with Gasteiger partial charge in [-0.15, -0.1) is 0 Å². The average molecular weight is 238 g/mol. The van der Waals surface area contributed by atoms with Gasteiger partial charge in [-0.2, -0.15) is 0 Å². The number of nitrogens with zero attached hydrogens (tertiary/aromatic N) is 1. The van der Waals surface area contributed by atoms with Crippen LogP contribution in [0, 0.1) is 0 Å². The topological polar surface area (TPSA) is 66.5 Å². The van der Waals surface area contributed by atoms with Crippen molar-refractivity contribution < 1.29 is 14.4 Å². The van der Waals surface area contributed by atoms with E-state index in [1.165, 1.54) is 6.08 Å². The number of hydrogen-bond donors (Lipinski definition) is 1. The molecule has 0 aromatic heterocycles. The number of hydrogen-bond acceptors (Lipinski definition) is 3. The van der Waals surface area contributed by atoms with E-state index in [2.05, 4.69) is 5.32 Å². The normalized spacial score (nSPS) is 18.2. The van der Waals surface area contributed by atoms with Crippen molar-refractivity contribution in [2.24, 2.45) is 0 Å². The summed E-state index contributed by atoms with van der Waals surface area (Å²) in [5, 5.41) is 2.74. The van der Waals surface area contributed by atoms with E-state index in [1.807, 2.05) is 20.8 Å². The lowest BCUT2D eigenvalue weighted by Crippen LogP contribution is -2.52. The summed E-state index contributed by atoms with van der Waals surface area (Å²) in [5.41, 5.74) is -0.0231. The molecule has 1 aliphatic heterocycles. The van der Waals surface area contributed by atoms with E-state index >= 15 is 0 Å². The number of carbonyl (C=O) groups is 3. The fraction of sp³-hybridized carbons (Fsp3) is 0.583. The van der Waals surface area contributed by atoms with Crippen LogP contribution < -0.4 is 5.32 Å². The lowest BCUT2D eigenvalue weighted by Gasteiger charge is -2.27. The second-order valence-corrected chi connectivity index (χ2v) is 5.26. The number of nitrogens with one attached hydrogen (secondary N) is 1. The SMILES string of the molecule is CC1=CC(=O)N(C(C)C(=O)NC(C)(C)C)C1=O. The molecule has 0 saturated heterocycles. The Balaban J connectivity index is 2.79. The van der Waals surface area contributed by atoms with Crippen molar-refractivity contribution in [2.45, 2.75) is 46.2 Å². The third-order valence-corrected chi connectivity index (χ3v) is 2.40. The number of amides is 3. The number of imide groups is 1. The van der Waals surface area contributed by atoms with Gasteiger partial charge in [0, 0.05) is 17.2 Å². The molecule has 5 nitrogen and oxygen atoms in total. The van der Waals surface area contributed by atoms with Crippen LogP contribution in [0.1, 0.15) is 34.6 Å². The van der Waals surface area contributed by atoms with E-state index in [0.717, 1.165) is 4.90 Å². The smallest absolute Gasteiger partial charge is 0.257 e. The van der Waals surface area contributed by atoms with E-state index in [-0.39, 0.29) is 11.4 Å². The first-order chi connectivity index (χ1) is 7.63. The Kier molecular flexibility index (Phi) is 3.40. The highest BCUT2D eigenvalue weighted by atomic mass is 16.2. The largest absolute Gasteiger partial charge is 0.350 e. The second-order valence-electron chi connectivity index (χ2n) is 5.26. The average Bonchev–Trinajstić information content (AvgIpc) is 2.37. The molecule has 1 aliphatic rings. The van der Waals surface area contributed by atoms with Gasteiger partial charge in [-0.3, -0.25) is 19.3 Å². The first-order valence-corrected chi connectivity index (χ1v) is 5.51. The molecule has 0 radical (unpaired) electrons. The Bertz CT molecular complexity index is 404. The van der Waals surface area contributed by atoms with Crippen LogP contribution in [0.2, 0.25) is 0 Å². The van der Waals surface area contributed by atoms with Gasteiger partial charge in [0.05, 0.1) is 0 Å². The highest BCUT2D eigenvalue weighted by Crippen LogP contribution is 2.16. The maximum atomic E-state index is 11.9. The van der Waals surface area contributed by atoms with Gasteiger partial charge in [0.1, 0.15) is 6.04 Å². The molecule has 17 heavy (non-hydrogen) atoms. The van der Waals surface area contributed by atoms with E-state index in [4.69, 9.17) is 0 Å². The van der Waals surface area contributed by atoms with E-state index in [0.29, 0.717) is 5.57 Å². The lowest BCUT2D eigenvalue weighted by molar-refractivity contribution is -0.145. The summed E-state index contributed by atoms with van der Waals surface area (Å²) in [6, 6.07) is -0.789. The van der Waals surface area contributed by atoms with Gasteiger partial charge in [-0.05, 0) is 34.6 Å². The van der Waals surface area contributed by atoms with Crippen molar-refractivity contribution in [1.29, 1.82) is 0 Å². The van der Waals surface area contributed by atoms with Gasteiger partial charge in [0.2, 0.25) is 5.91 Å². The Labute approximate surface area is 101 Å². The Hall–Kier alpha value is -1.65. The monoisotopic (exact) mass is 238 g/mol. The molecule has 1 atom stereocenters. The van der Waals surface area contributed by atoms with Crippen LogP contribution in [0.5, 0.6) is 0 Å². The first-order valence-electron chi connectivity index (χ1n) is 5.51. The summed E-state index contributed by atoms with van der Waals surface area (Å²) >= 11 is 0. The predicted octanol–water partition coefficient (Wildman–Crippen LogP) is 0.605. The van der Waals surface area contributed by atoms with Crippen molar-refractivity contribution in [3.63, 3.8) is 0 Å². The Morgan fingerprint density at radius 1 is 1.35 bits per heavy atom. The Morgan fingerprint density at radius 3 is 2.24 bits per heavy atom. The maximum absolute atomic E-state index is 11.9. The zero-order valence-electron chi connectivity index (χ0n) is 10.8. The molecule has 3 amide bonds. The van der Waals surface area contributed by atoms with Gasteiger partial charge < -0.3 is 5.32 Å². The highest BCUT2D eigenvalue weighted by Gasteiger charge is 2.36. The summed E-state index contributed by atoms with van der Waals surface area (Å²) in [6.07, 6.45) is 1.25. The zero-order chi connectivity index (χ0) is 13.4. The van der Waals surface area contributed by atoms with Crippen molar-refractivity contribution in [3.8, 4) is 0 Å². The summed E-state index contributed by atoms with van der Waals surface area (Å²) in [5.74, 6) is -1.15. The van der Waals surface area contributed by atoms with Crippen LogP contribution in [-0.4, -0.2) is 34.2 Å². The van der Waals surface area contributed by atoms with Crippen LogP contribution in [-0.2, 0) is 14.4 Å².